The van der Waals surface area contributed by atoms with Crippen LogP contribution < -0.4 is 5.48 Å². The van der Waals surface area contributed by atoms with Crippen LogP contribution in [0.25, 0.3) is 10.9 Å². The molecule has 7 nitrogen and oxygen atoms in total. The molecule has 4 rings (SSSR count). The van der Waals surface area contributed by atoms with E-state index < -0.39 is 17.8 Å². The number of para-hydroxylation sites is 1. The molecule has 1 amide bonds. The van der Waals surface area contributed by atoms with Crippen molar-refractivity contribution < 1.29 is 19.9 Å². The van der Waals surface area contributed by atoms with E-state index in [9.17, 15) is 9.59 Å². The zero-order chi connectivity index (χ0) is 23.2. The first-order valence-electron chi connectivity index (χ1n) is 11.1. The molecule has 1 aliphatic rings. The predicted octanol–water partition coefficient (Wildman–Crippen LogP) is 3.30. The van der Waals surface area contributed by atoms with E-state index in [2.05, 4.69) is 33.9 Å². The summed E-state index contributed by atoms with van der Waals surface area (Å²) in [6.45, 7) is 2.22. The number of aromatic amines is 1. The Morgan fingerprint density at radius 1 is 1.06 bits per heavy atom. The van der Waals surface area contributed by atoms with Crippen molar-refractivity contribution in [3.63, 3.8) is 0 Å². The van der Waals surface area contributed by atoms with Gasteiger partial charge in [0.2, 0.25) is 0 Å². The van der Waals surface area contributed by atoms with Gasteiger partial charge in [0.25, 0.3) is 5.91 Å². The first-order valence-corrected chi connectivity index (χ1v) is 11.1. The van der Waals surface area contributed by atoms with Crippen LogP contribution in [0.1, 0.15) is 35.4 Å². The molecular weight excluding hydrogens is 418 g/mol. The van der Waals surface area contributed by atoms with Gasteiger partial charge in [0.1, 0.15) is 5.92 Å². The van der Waals surface area contributed by atoms with Gasteiger partial charge in [-0.1, -0.05) is 54.3 Å². The third-order valence-electron chi connectivity index (χ3n) is 6.10. The van der Waals surface area contributed by atoms with Crippen LogP contribution in [0, 0.1) is 17.8 Å². The van der Waals surface area contributed by atoms with E-state index in [4.69, 9.17) is 10.3 Å². The standard InChI is InChI=1S/C26H27N3O4/c30-25(31)6-3-14-29(15-13-20-16-27-24-5-2-1-4-22(20)24)17-18-7-9-19(10-8-18)21-11-12-23(21)26(32)28-33/h1-2,4-5,7-10,16,21,23,27,33H,3,6,13-15,17H2,(H,28,32)(H,30,31). The minimum atomic E-state index is -0.779. The molecule has 1 aliphatic carbocycles. The number of nitrogens with one attached hydrogen (secondary N) is 2. The minimum absolute atomic E-state index is 0.150. The smallest absolute Gasteiger partial charge is 0.303 e. The van der Waals surface area contributed by atoms with E-state index in [1.54, 1.807) is 5.48 Å². The largest absolute Gasteiger partial charge is 0.481 e. The van der Waals surface area contributed by atoms with Gasteiger partial charge in [-0.2, -0.15) is 0 Å². The van der Waals surface area contributed by atoms with Gasteiger partial charge in [-0.05, 0) is 42.1 Å². The summed E-state index contributed by atoms with van der Waals surface area (Å²) in [7, 11) is 0. The third kappa shape index (κ3) is 5.43. The summed E-state index contributed by atoms with van der Waals surface area (Å²) in [4.78, 5) is 28.3. The third-order valence-corrected chi connectivity index (χ3v) is 6.10. The van der Waals surface area contributed by atoms with Crippen LogP contribution in [0.15, 0.2) is 54.7 Å². The number of hydrogen-bond donors (Lipinski definition) is 4. The Balaban J connectivity index is 1.41. The first kappa shape index (κ1) is 22.6. The number of carboxylic acid groups (broad SMARTS) is 1. The van der Waals surface area contributed by atoms with Crippen LogP contribution in [-0.4, -0.2) is 45.2 Å². The van der Waals surface area contributed by atoms with E-state index in [1.807, 2.05) is 42.6 Å². The molecule has 170 valence electrons. The molecule has 33 heavy (non-hydrogen) atoms. The average molecular weight is 446 g/mol. The second kappa shape index (κ2) is 10.3. The van der Waals surface area contributed by atoms with Crippen LogP contribution in [-0.2, 0) is 22.6 Å². The first-order chi connectivity index (χ1) is 16.0. The number of hydrogen-bond acceptors (Lipinski definition) is 4. The van der Waals surface area contributed by atoms with Crippen LogP contribution in [0.5, 0.6) is 0 Å². The number of aliphatic carboxylic acids is 1. The van der Waals surface area contributed by atoms with E-state index in [1.165, 1.54) is 10.9 Å². The lowest BCUT2D eigenvalue weighted by atomic mass is 9.79. The molecule has 0 spiro atoms. The summed E-state index contributed by atoms with van der Waals surface area (Å²) < 4.78 is 0. The Morgan fingerprint density at radius 3 is 2.55 bits per heavy atom. The van der Waals surface area contributed by atoms with Gasteiger partial charge in [0, 0.05) is 36.6 Å². The number of nitrogens with zero attached hydrogens (tertiary/aromatic N) is 1. The van der Waals surface area contributed by atoms with Crippen molar-refractivity contribution in [2.45, 2.75) is 31.7 Å². The van der Waals surface area contributed by atoms with Crippen LogP contribution in [0.4, 0.5) is 0 Å². The molecule has 3 aromatic rings. The zero-order valence-electron chi connectivity index (χ0n) is 18.3. The normalized spacial score (nSPS) is 16.8. The number of fused-ring (bicyclic) bond motifs is 1. The Bertz CT molecular complexity index is 1190. The van der Waals surface area contributed by atoms with E-state index in [-0.39, 0.29) is 12.3 Å². The number of carboxylic acids is 1. The molecule has 0 bridgehead atoms. The van der Waals surface area contributed by atoms with Gasteiger partial charge in [-0.3, -0.25) is 19.7 Å². The molecule has 2 atom stereocenters. The van der Waals surface area contributed by atoms with Gasteiger partial charge in [0.05, 0.1) is 5.92 Å². The second-order valence-corrected chi connectivity index (χ2v) is 8.34. The number of rotatable bonds is 11. The Morgan fingerprint density at radius 2 is 1.85 bits per heavy atom. The van der Waals surface area contributed by atoms with Crippen LogP contribution in [0.3, 0.4) is 0 Å². The zero-order valence-corrected chi connectivity index (χ0v) is 18.3. The maximum Gasteiger partial charge on any atom is 0.303 e. The lowest BCUT2D eigenvalue weighted by Crippen LogP contribution is -2.34. The highest BCUT2D eigenvalue weighted by Gasteiger charge is 2.32. The Hall–Kier alpha value is -3.60. The lowest BCUT2D eigenvalue weighted by Gasteiger charge is -2.24. The average Bonchev–Trinajstić information content (AvgIpc) is 3.20. The number of carbonyl (C=O) groups is 2. The molecule has 0 saturated carbocycles. The van der Waals surface area contributed by atoms with Crippen molar-refractivity contribution in [1.29, 1.82) is 0 Å². The predicted molar refractivity (Wildman–Crippen MR) is 125 cm³/mol. The minimum Gasteiger partial charge on any atom is -0.481 e. The SMILES string of the molecule is O=C(O)CCCN(CCc1c[nH]c2ccccc12)Cc1ccc(C2C#CC2C(=O)NO)cc1. The van der Waals surface area contributed by atoms with Crippen molar-refractivity contribution in [1.82, 2.24) is 15.4 Å². The van der Waals surface area contributed by atoms with Gasteiger partial charge in [-0.15, -0.1) is 0 Å². The highest BCUT2D eigenvalue weighted by molar-refractivity contribution is 5.84. The highest BCUT2D eigenvalue weighted by Crippen LogP contribution is 2.30. The monoisotopic (exact) mass is 445 g/mol. The number of aromatic nitrogens is 1. The molecular formula is C26H27N3O4. The van der Waals surface area contributed by atoms with Crippen LogP contribution >= 0.6 is 0 Å². The summed E-state index contributed by atoms with van der Waals surface area (Å²) in [5.41, 5.74) is 6.11. The fourth-order valence-corrected chi connectivity index (χ4v) is 4.24. The van der Waals surface area contributed by atoms with E-state index in [0.29, 0.717) is 19.5 Å². The number of amides is 1. The van der Waals surface area contributed by atoms with Gasteiger partial charge < -0.3 is 10.1 Å². The van der Waals surface area contributed by atoms with Crippen molar-refractivity contribution in [3.05, 3.63) is 71.4 Å². The van der Waals surface area contributed by atoms with Gasteiger partial charge in [0.15, 0.2) is 0 Å². The molecule has 0 saturated heterocycles. The van der Waals surface area contributed by atoms with Crippen molar-refractivity contribution in [3.8, 4) is 11.8 Å². The number of benzene rings is 2. The number of carbonyl (C=O) groups excluding carboxylic acids is 1. The molecule has 1 aromatic heterocycles. The Labute approximate surface area is 192 Å². The second-order valence-electron chi connectivity index (χ2n) is 8.34. The Kier molecular flexibility index (Phi) is 7.08. The van der Waals surface area contributed by atoms with Crippen molar-refractivity contribution >= 4 is 22.8 Å². The van der Waals surface area contributed by atoms with Gasteiger partial charge in [-0.25, -0.2) is 5.48 Å². The number of H-pyrrole nitrogens is 1. The van der Waals surface area contributed by atoms with E-state index in [0.717, 1.165) is 29.6 Å². The molecule has 7 heteroatoms. The van der Waals surface area contributed by atoms with Crippen LogP contribution in [0.2, 0.25) is 0 Å². The quantitative estimate of drug-likeness (QED) is 0.206. The fourth-order valence-electron chi connectivity index (χ4n) is 4.24. The van der Waals surface area contributed by atoms with Crippen molar-refractivity contribution in [2.24, 2.45) is 5.92 Å². The topological polar surface area (TPSA) is 106 Å². The molecule has 2 aromatic carbocycles. The molecule has 0 fully saturated rings. The summed E-state index contributed by atoms with van der Waals surface area (Å²) >= 11 is 0. The van der Waals surface area contributed by atoms with Crippen molar-refractivity contribution in [2.75, 3.05) is 13.1 Å². The maximum absolute atomic E-state index is 11.7. The maximum atomic E-state index is 11.7. The summed E-state index contributed by atoms with van der Waals surface area (Å²) in [6.07, 6.45) is 3.66. The highest BCUT2D eigenvalue weighted by atomic mass is 16.5. The molecule has 0 radical (unpaired) electrons. The molecule has 4 N–H and O–H groups in total. The fraction of sp³-hybridized carbons (Fsp3) is 0.308. The summed E-state index contributed by atoms with van der Waals surface area (Å²) in [5.74, 6) is 3.78. The number of hydroxylamine groups is 1. The lowest BCUT2D eigenvalue weighted by molar-refractivity contribution is -0.137. The van der Waals surface area contributed by atoms with E-state index >= 15 is 0 Å². The summed E-state index contributed by atoms with van der Waals surface area (Å²) in [5, 5.41) is 19.1. The molecule has 2 unspecified atom stereocenters. The molecule has 0 aliphatic heterocycles. The summed E-state index contributed by atoms with van der Waals surface area (Å²) in [6, 6.07) is 16.2. The van der Waals surface area contributed by atoms with Gasteiger partial charge >= 0.3 is 5.97 Å². The molecule has 1 heterocycles.